The minimum atomic E-state index is 0.162. The van der Waals surface area contributed by atoms with Gasteiger partial charge in [0.25, 0.3) is 0 Å². The number of likely N-dealkylation sites (N-methyl/N-ethyl adjacent to an activating group) is 1. The van der Waals surface area contributed by atoms with Gasteiger partial charge in [-0.25, -0.2) is 0 Å². The lowest BCUT2D eigenvalue weighted by atomic mass is 9.96. The fraction of sp³-hybridized carbons (Fsp3) is 0.571. The lowest BCUT2D eigenvalue weighted by Gasteiger charge is -2.34. The van der Waals surface area contributed by atoms with Gasteiger partial charge in [0.2, 0.25) is 5.91 Å². The molecule has 146 valence electrons. The van der Waals surface area contributed by atoms with Gasteiger partial charge in [0.15, 0.2) is 0 Å². The number of nitrogens with one attached hydrogen (secondary N) is 1. The van der Waals surface area contributed by atoms with Crippen LogP contribution in [0, 0.1) is 11.8 Å². The molecule has 2 N–H and O–H groups in total. The van der Waals surface area contributed by atoms with Crippen molar-refractivity contribution in [3.63, 3.8) is 0 Å². The van der Waals surface area contributed by atoms with Gasteiger partial charge in [0.1, 0.15) is 0 Å². The maximum Gasteiger partial charge on any atom is 0.227 e. The highest BCUT2D eigenvalue weighted by Crippen LogP contribution is 2.26. The van der Waals surface area contributed by atoms with Crippen molar-refractivity contribution in [2.24, 2.45) is 11.8 Å². The first-order valence-corrected chi connectivity index (χ1v) is 9.98. The predicted molar refractivity (Wildman–Crippen MR) is 107 cm³/mol. The quantitative estimate of drug-likeness (QED) is 0.825. The molecule has 0 unspecified atom stereocenters. The number of para-hydroxylation sites is 1. The van der Waals surface area contributed by atoms with Gasteiger partial charge in [0, 0.05) is 75.4 Å². The molecule has 27 heavy (non-hydrogen) atoms. The van der Waals surface area contributed by atoms with Crippen molar-refractivity contribution in [1.82, 2.24) is 19.7 Å². The average Bonchev–Trinajstić information content (AvgIpc) is 3.28. The van der Waals surface area contributed by atoms with Crippen LogP contribution in [-0.4, -0.2) is 90.2 Å². The number of amides is 1. The third-order valence-electron chi connectivity index (χ3n) is 6.27. The Morgan fingerprint density at radius 3 is 2.67 bits per heavy atom. The molecule has 2 saturated heterocycles. The van der Waals surface area contributed by atoms with E-state index in [1.54, 1.807) is 0 Å². The Morgan fingerprint density at radius 1 is 1.15 bits per heavy atom. The van der Waals surface area contributed by atoms with E-state index in [2.05, 4.69) is 27.9 Å². The second-order valence-corrected chi connectivity index (χ2v) is 8.14. The molecule has 1 aromatic carbocycles. The molecule has 0 bridgehead atoms. The Morgan fingerprint density at radius 2 is 1.89 bits per heavy atom. The van der Waals surface area contributed by atoms with Gasteiger partial charge in [0.05, 0.1) is 6.42 Å². The first kappa shape index (κ1) is 18.5. The summed E-state index contributed by atoms with van der Waals surface area (Å²) in [5.74, 6) is 0.723. The highest BCUT2D eigenvalue weighted by molar-refractivity contribution is 5.89. The molecule has 0 saturated carbocycles. The minimum Gasteiger partial charge on any atom is -0.396 e. The Balaban J connectivity index is 1.38. The Kier molecular flexibility index (Phi) is 5.48. The topological polar surface area (TPSA) is 62.8 Å². The first-order chi connectivity index (χ1) is 13.1. The van der Waals surface area contributed by atoms with Crippen LogP contribution in [0.3, 0.4) is 0 Å². The lowest BCUT2D eigenvalue weighted by molar-refractivity contribution is -0.129. The van der Waals surface area contributed by atoms with Gasteiger partial charge >= 0.3 is 0 Å². The Hall–Kier alpha value is -1.89. The second kappa shape index (κ2) is 8.00. The number of aliphatic hydroxyl groups is 1. The molecule has 1 aromatic heterocycles. The number of carbonyl (C=O) groups is 1. The van der Waals surface area contributed by atoms with Crippen LogP contribution >= 0.6 is 0 Å². The third-order valence-corrected chi connectivity index (χ3v) is 6.27. The van der Waals surface area contributed by atoms with Crippen molar-refractivity contribution in [2.45, 2.75) is 6.42 Å². The molecule has 2 aromatic rings. The van der Waals surface area contributed by atoms with Gasteiger partial charge in [-0.3, -0.25) is 4.79 Å². The number of hydrogen-bond donors (Lipinski definition) is 2. The summed E-state index contributed by atoms with van der Waals surface area (Å²) in [5.41, 5.74) is 2.13. The molecule has 6 heteroatoms. The monoisotopic (exact) mass is 370 g/mol. The molecule has 1 amide bonds. The van der Waals surface area contributed by atoms with Gasteiger partial charge in [-0.15, -0.1) is 0 Å². The van der Waals surface area contributed by atoms with Crippen LogP contribution < -0.4 is 0 Å². The van der Waals surface area contributed by atoms with Gasteiger partial charge in [-0.05, 0) is 24.6 Å². The normalized spacial score (nSPS) is 24.7. The van der Waals surface area contributed by atoms with Crippen molar-refractivity contribution < 1.29 is 9.90 Å². The molecular weight excluding hydrogens is 340 g/mol. The van der Waals surface area contributed by atoms with E-state index in [0.717, 1.165) is 55.7 Å². The number of benzene rings is 1. The standard InChI is InChI=1S/C21H30N4O2/c1-23-6-8-24(9-7-23)12-17-13-25(14-18(17)15-26)21(27)10-16-11-22-20-5-3-2-4-19(16)20/h2-5,11,17-18,22,26H,6-10,12-15H2,1H3/t17-,18-/m1/s1. The van der Waals surface area contributed by atoms with Crippen LogP contribution in [-0.2, 0) is 11.2 Å². The number of aromatic nitrogens is 1. The highest BCUT2D eigenvalue weighted by atomic mass is 16.3. The van der Waals surface area contributed by atoms with E-state index in [0.29, 0.717) is 18.9 Å². The Bertz CT molecular complexity index is 781. The molecule has 2 atom stereocenters. The number of piperazine rings is 1. The zero-order chi connectivity index (χ0) is 18.8. The number of carbonyl (C=O) groups excluding carboxylic acids is 1. The van der Waals surface area contributed by atoms with E-state index in [-0.39, 0.29) is 18.4 Å². The molecule has 3 heterocycles. The number of likely N-dealkylation sites (tertiary alicyclic amines) is 1. The van der Waals surface area contributed by atoms with Crippen LogP contribution in [0.15, 0.2) is 30.5 Å². The van der Waals surface area contributed by atoms with Crippen LogP contribution in [0.5, 0.6) is 0 Å². The third kappa shape index (κ3) is 4.03. The summed E-state index contributed by atoms with van der Waals surface area (Å²) in [6.07, 6.45) is 2.37. The van der Waals surface area contributed by atoms with E-state index >= 15 is 0 Å². The molecule has 0 aliphatic carbocycles. The number of hydrogen-bond acceptors (Lipinski definition) is 4. The van der Waals surface area contributed by atoms with Gasteiger partial charge in [-0.2, -0.15) is 0 Å². The number of nitrogens with zero attached hydrogens (tertiary/aromatic N) is 3. The highest BCUT2D eigenvalue weighted by Gasteiger charge is 2.36. The molecule has 6 nitrogen and oxygen atoms in total. The van der Waals surface area contributed by atoms with Crippen LogP contribution in [0.1, 0.15) is 5.56 Å². The van der Waals surface area contributed by atoms with Crippen molar-refractivity contribution in [3.05, 3.63) is 36.0 Å². The van der Waals surface area contributed by atoms with Crippen molar-refractivity contribution in [2.75, 3.05) is 59.5 Å². The van der Waals surface area contributed by atoms with E-state index < -0.39 is 0 Å². The fourth-order valence-electron chi connectivity index (χ4n) is 4.47. The number of rotatable bonds is 5. The summed E-state index contributed by atoms with van der Waals surface area (Å²) in [5, 5.41) is 11.0. The predicted octanol–water partition coefficient (Wildman–Crippen LogP) is 1.02. The number of aliphatic hydroxyl groups excluding tert-OH is 1. The maximum absolute atomic E-state index is 12.9. The zero-order valence-corrected chi connectivity index (χ0v) is 16.1. The van der Waals surface area contributed by atoms with Crippen molar-refractivity contribution in [1.29, 1.82) is 0 Å². The molecule has 2 fully saturated rings. The Labute approximate surface area is 160 Å². The first-order valence-electron chi connectivity index (χ1n) is 9.98. The minimum absolute atomic E-state index is 0.162. The van der Waals surface area contributed by atoms with Crippen LogP contribution in [0.25, 0.3) is 10.9 Å². The number of aromatic amines is 1. The lowest BCUT2D eigenvalue weighted by Crippen LogP contribution is -2.47. The maximum atomic E-state index is 12.9. The largest absolute Gasteiger partial charge is 0.396 e. The SMILES string of the molecule is CN1CCN(C[C@@H]2CN(C(=O)Cc3c[nH]c4ccccc34)C[C@@H]2CO)CC1. The summed E-state index contributed by atoms with van der Waals surface area (Å²) < 4.78 is 0. The van der Waals surface area contributed by atoms with Gasteiger partial charge < -0.3 is 24.8 Å². The molecule has 0 spiro atoms. The molecule has 4 rings (SSSR count). The second-order valence-electron chi connectivity index (χ2n) is 8.14. The van der Waals surface area contributed by atoms with Gasteiger partial charge in [-0.1, -0.05) is 18.2 Å². The summed E-state index contributed by atoms with van der Waals surface area (Å²) in [4.78, 5) is 23.0. The summed E-state index contributed by atoms with van der Waals surface area (Å²) >= 11 is 0. The smallest absolute Gasteiger partial charge is 0.227 e. The van der Waals surface area contributed by atoms with Crippen LogP contribution in [0.4, 0.5) is 0 Å². The van der Waals surface area contributed by atoms with E-state index in [1.807, 2.05) is 29.3 Å². The molecule has 2 aliphatic heterocycles. The molecular formula is C21H30N4O2. The zero-order valence-electron chi connectivity index (χ0n) is 16.1. The number of fused-ring (bicyclic) bond motifs is 1. The summed E-state index contributed by atoms with van der Waals surface area (Å²) in [6.45, 7) is 6.93. The summed E-state index contributed by atoms with van der Waals surface area (Å²) in [6, 6.07) is 8.10. The van der Waals surface area contributed by atoms with Crippen molar-refractivity contribution in [3.8, 4) is 0 Å². The molecule has 0 radical (unpaired) electrons. The van der Waals surface area contributed by atoms with E-state index in [4.69, 9.17) is 0 Å². The van der Waals surface area contributed by atoms with Crippen LogP contribution in [0.2, 0.25) is 0 Å². The number of H-pyrrole nitrogens is 1. The summed E-state index contributed by atoms with van der Waals surface area (Å²) in [7, 11) is 2.16. The van der Waals surface area contributed by atoms with E-state index in [1.165, 1.54) is 0 Å². The fourth-order valence-corrected chi connectivity index (χ4v) is 4.47. The molecule has 2 aliphatic rings. The van der Waals surface area contributed by atoms with Crippen molar-refractivity contribution >= 4 is 16.8 Å². The average molecular weight is 370 g/mol. The van der Waals surface area contributed by atoms with E-state index in [9.17, 15) is 9.90 Å².